The smallest absolute Gasteiger partial charge is 0.224 e. The summed E-state index contributed by atoms with van der Waals surface area (Å²) in [4.78, 5) is 13.4. The molecule has 1 rings (SSSR count). The Morgan fingerprint density at radius 2 is 2.46 bits per heavy atom. The number of nitrogens with zero attached hydrogens (tertiary/aromatic N) is 1. The second-order valence-corrected chi connectivity index (χ2v) is 4.15. The molecular formula is C9H17NO2S. The molecule has 4 heteroatoms. The molecule has 0 bridgehead atoms. The number of methoxy groups -OCH3 is 1. The van der Waals surface area contributed by atoms with Crippen LogP contribution in [-0.2, 0) is 9.53 Å². The van der Waals surface area contributed by atoms with Crippen LogP contribution in [0.2, 0.25) is 0 Å². The maximum absolute atomic E-state index is 11.5. The van der Waals surface area contributed by atoms with E-state index in [2.05, 4.69) is 19.6 Å². The summed E-state index contributed by atoms with van der Waals surface area (Å²) in [5.41, 5.74) is 0. The van der Waals surface area contributed by atoms with Gasteiger partial charge in [-0.2, -0.15) is 12.6 Å². The highest BCUT2D eigenvalue weighted by molar-refractivity contribution is 7.81. The number of carbonyl (C=O) groups excluding carboxylic acids is 1. The number of hydrogen-bond donors (Lipinski definition) is 1. The van der Waals surface area contributed by atoms with E-state index in [4.69, 9.17) is 4.74 Å². The summed E-state index contributed by atoms with van der Waals surface area (Å²) in [5, 5.41) is 0.207. The van der Waals surface area contributed by atoms with Gasteiger partial charge in [0, 0.05) is 25.3 Å². The Morgan fingerprint density at radius 1 is 1.77 bits per heavy atom. The Balaban J connectivity index is 2.53. The molecule has 0 aromatic carbocycles. The Bertz CT molecular complexity index is 186. The van der Waals surface area contributed by atoms with E-state index in [0.717, 1.165) is 13.0 Å². The summed E-state index contributed by atoms with van der Waals surface area (Å²) in [5.74, 6) is 0.212. The van der Waals surface area contributed by atoms with Crippen LogP contribution in [0.25, 0.3) is 0 Å². The van der Waals surface area contributed by atoms with Gasteiger partial charge in [-0.25, -0.2) is 0 Å². The Kier molecular flexibility index (Phi) is 4.06. The van der Waals surface area contributed by atoms with Crippen molar-refractivity contribution >= 4 is 18.5 Å². The summed E-state index contributed by atoms with van der Waals surface area (Å²) in [6.45, 7) is 3.47. The molecule has 0 aromatic rings. The van der Waals surface area contributed by atoms with Crippen molar-refractivity contribution in [3.05, 3.63) is 0 Å². The maximum atomic E-state index is 11.5. The number of hydrogen-bond acceptors (Lipinski definition) is 3. The molecule has 1 saturated heterocycles. The number of rotatable bonds is 4. The van der Waals surface area contributed by atoms with Gasteiger partial charge in [0.15, 0.2) is 0 Å². The lowest BCUT2D eigenvalue weighted by Gasteiger charge is -2.26. The second kappa shape index (κ2) is 4.86. The Labute approximate surface area is 84.8 Å². The van der Waals surface area contributed by atoms with Gasteiger partial charge in [-0.1, -0.05) is 6.92 Å². The van der Waals surface area contributed by atoms with Crippen LogP contribution in [0.5, 0.6) is 0 Å². The summed E-state index contributed by atoms with van der Waals surface area (Å²) < 4.78 is 5.07. The topological polar surface area (TPSA) is 29.5 Å². The highest BCUT2D eigenvalue weighted by Gasteiger charge is 2.31. The zero-order valence-corrected chi connectivity index (χ0v) is 9.09. The van der Waals surface area contributed by atoms with E-state index >= 15 is 0 Å². The molecule has 1 fully saturated rings. The van der Waals surface area contributed by atoms with Gasteiger partial charge in [0.2, 0.25) is 5.91 Å². The lowest BCUT2D eigenvalue weighted by molar-refractivity contribution is -0.130. The summed E-state index contributed by atoms with van der Waals surface area (Å²) in [6, 6.07) is 0.231. The molecular weight excluding hydrogens is 186 g/mol. The monoisotopic (exact) mass is 203 g/mol. The first-order valence-electron chi connectivity index (χ1n) is 4.65. The molecule has 76 valence electrons. The van der Waals surface area contributed by atoms with Crippen molar-refractivity contribution in [3.8, 4) is 0 Å². The van der Waals surface area contributed by atoms with Crippen LogP contribution in [0, 0.1) is 0 Å². The van der Waals surface area contributed by atoms with Crippen LogP contribution in [0.1, 0.15) is 19.8 Å². The van der Waals surface area contributed by atoms with E-state index in [0.29, 0.717) is 13.0 Å². The predicted molar refractivity (Wildman–Crippen MR) is 55.1 cm³/mol. The number of amides is 1. The van der Waals surface area contributed by atoms with Crippen molar-refractivity contribution in [2.45, 2.75) is 31.1 Å². The largest absolute Gasteiger partial charge is 0.383 e. The van der Waals surface area contributed by atoms with Gasteiger partial charge in [0.05, 0.1) is 12.6 Å². The molecule has 1 aliphatic rings. The standard InChI is InChI=1S/C9H17NO2S/c1-3-7(6-12-2)10-5-8(13)4-9(10)11/h7-8,13H,3-6H2,1-2H3. The minimum absolute atomic E-state index is 0.207. The minimum Gasteiger partial charge on any atom is -0.383 e. The van der Waals surface area contributed by atoms with E-state index < -0.39 is 0 Å². The van der Waals surface area contributed by atoms with Crippen molar-refractivity contribution in [2.24, 2.45) is 0 Å². The van der Waals surface area contributed by atoms with Crippen molar-refractivity contribution in [1.82, 2.24) is 4.90 Å². The fraction of sp³-hybridized carbons (Fsp3) is 0.889. The predicted octanol–water partition coefficient (Wildman–Crippen LogP) is 0.942. The van der Waals surface area contributed by atoms with E-state index in [9.17, 15) is 4.79 Å². The average molecular weight is 203 g/mol. The summed E-state index contributed by atoms with van der Waals surface area (Å²) in [6.07, 6.45) is 1.52. The van der Waals surface area contributed by atoms with Gasteiger partial charge in [0.1, 0.15) is 0 Å². The van der Waals surface area contributed by atoms with Crippen LogP contribution >= 0.6 is 12.6 Å². The fourth-order valence-corrected chi connectivity index (χ4v) is 2.02. The zero-order valence-electron chi connectivity index (χ0n) is 8.19. The number of ether oxygens (including phenoxy) is 1. The lowest BCUT2D eigenvalue weighted by Crippen LogP contribution is -2.39. The number of thiol groups is 1. The quantitative estimate of drug-likeness (QED) is 0.689. The Morgan fingerprint density at radius 3 is 2.85 bits per heavy atom. The molecule has 1 aliphatic heterocycles. The molecule has 1 heterocycles. The van der Waals surface area contributed by atoms with Crippen LogP contribution in [-0.4, -0.2) is 42.4 Å². The summed E-state index contributed by atoms with van der Waals surface area (Å²) in [7, 11) is 1.67. The average Bonchev–Trinajstić information content (AvgIpc) is 2.41. The molecule has 0 N–H and O–H groups in total. The first-order valence-corrected chi connectivity index (χ1v) is 5.17. The van der Waals surface area contributed by atoms with Crippen LogP contribution in [0.4, 0.5) is 0 Å². The van der Waals surface area contributed by atoms with Crippen molar-refractivity contribution < 1.29 is 9.53 Å². The molecule has 0 radical (unpaired) electrons. The maximum Gasteiger partial charge on any atom is 0.224 e. The second-order valence-electron chi connectivity index (χ2n) is 3.42. The first-order chi connectivity index (χ1) is 6.19. The van der Waals surface area contributed by atoms with Gasteiger partial charge in [-0.15, -0.1) is 0 Å². The van der Waals surface area contributed by atoms with E-state index in [1.807, 2.05) is 4.90 Å². The Hall–Kier alpha value is -0.220. The van der Waals surface area contributed by atoms with E-state index in [1.165, 1.54) is 0 Å². The van der Waals surface area contributed by atoms with Gasteiger partial charge in [0.25, 0.3) is 0 Å². The van der Waals surface area contributed by atoms with Crippen molar-refractivity contribution in [3.63, 3.8) is 0 Å². The normalized spacial score (nSPS) is 25.3. The minimum atomic E-state index is 0.207. The van der Waals surface area contributed by atoms with Crippen molar-refractivity contribution in [1.29, 1.82) is 0 Å². The van der Waals surface area contributed by atoms with E-state index in [1.54, 1.807) is 7.11 Å². The van der Waals surface area contributed by atoms with Crippen LogP contribution in [0.15, 0.2) is 0 Å². The van der Waals surface area contributed by atoms with Crippen LogP contribution in [0.3, 0.4) is 0 Å². The third-order valence-corrected chi connectivity index (χ3v) is 2.75. The van der Waals surface area contributed by atoms with Gasteiger partial charge in [-0.05, 0) is 6.42 Å². The number of carbonyl (C=O) groups is 1. The molecule has 13 heavy (non-hydrogen) atoms. The third kappa shape index (κ3) is 2.61. The molecule has 3 nitrogen and oxygen atoms in total. The SMILES string of the molecule is CCC(COC)N1CC(S)CC1=O. The molecule has 0 spiro atoms. The molecule has 0 aliphatic carbocycles. The third-order valence-electron chi connectivity index (χ3n) is 2.41. The molecule has 2 atom stereocenters. The lowest BCUT2D eigenvalue weighted by atomic mass is 10.2. The van der Waals surface area contributed by atoms with Crippen molar-refractivity contribution in [2.75, 3.05) is 20.3 Å². The van der Waals surface area contributed by atoms with Crippen LogP contribution < -0.4 is 0 Å². The van der Waals surface area contributed by atoms with E-state index in [-0.39, 0.29) is 17.2 Å². The molecule has 0 aromatic heterocycles. The molecule has 1 amide bonds. The molecule has 0 saturated carbocycles. The zero-order chi connectivity index (χ0) is 9.84. The number of likely N-dealkylation sites (tertiary alicyclic amines) is 1. The van der Waals surface area contributed by atoms with Gasteiger partial charge >= 0.3 is 0 Å². The summed E-state index contributed by atoms with van der Waals surface area (Å²) >= 11 is 4.31. The highest BCUT2D eigenvalue weighted by atomic mass is 32.1. The van der Waals surface area contributed by atoms with Gasteiger partial charge in [-0.3, -0.25) is 4.79 Å². The highest BCUT2D eigenvalue weighted by Crippen LogP contribution is 2.19. The fourth-order valence-electron chi connectivity index (χ4n) is 1.69. The molecule has 2 unspecified atom stereocenters. The first kappa shape index (κ1) is 10.9. The van der Waals surface area contributed by atoms with Gasteiger partial charge < -0.3 is 9.64 Å².